The highest BCUT2D eigenvalue weighted by Crippen LogP contribution is 2.11. The van der Waals surface area contributed by atoms with Gasteiger partial charge in [0.25, 0.3) is 0 Å². The van der Waals surface area contributed by atoms with Crippen LogP contribution in [0.2, 0.25) is 0 Å². The molecular weight excluding hydrogens is 276 g/mol. The Morgan fingerprint density at radius 3 is 2.50 bits per heavy atom. The number of rotatable bonds is 5. The largest absolute Gasteiger partial charge is 0.366 e. The number of sulfonamides is 1. The third-order valence-electron chi connectivity index (χ3n) is 2.81. The highest BCUT2D eigenvalue weighted by molar-refractivity contribution is 7.89. The number of primary sulfonamides is 1. The van der Waals surface area contributed by atoms with E-state index in [-0.39, 0.29) is 4.90 Å². The van der Waals surface area contributed by atoms with Crippen LogP contribution in [0.4, 0.5) is 5.82 Å². The summed E-state index contributed by atoms with van der Waals surface area (Å²) >= 11 is 0. The zero-order valence-corrected chi connectivity index (χ0v) is 11.9. The molecule has 0 atom stereocenters. The second kappa shape index (κ2) is 5.98. The molecule has 106 valence electrons. The number of aryl methyl sites for hydroxylation is 1. The molecule has 0 radical (unpaired) electrons. The van der Waals surface area contributed by atoms with Gasteiger partial charge >= 0.3 is 0 Å². The fourth-order valence-electron chi connectivity index (χ4n) is 1.68. The molecule has 0 fully saturated rings. The molecule has 0 aliphatic heterocycles. The van der Waals surface area contributed by atoms with E-state index < -0.39 is 10.0 Å². The van der Waals surface area contributed by atoms with E-state index >= 15 is 0 Å². The minimum absolute atomic E-state index is 0.108. The molecule has 3 N–H and O–H groups in total. The van der Waals surface area contributed by atoms with Crippen LogP contribution in [0.15, 0.2) is 41.6 Å². The van der Waals surface area contributed by atoms with Gasteiger partial charge in [-0.3, -0.25) is 0 Å². The number of nitrogens with two attached hydrogens (primary N) is 1. The molecule has 7 heteroatoms. The first-order valence-corrected chi connectivity index (χ1v) is 7.70. The van der Waals surface area contributed by atoms with Crippen LogP contribution in [0, 0.1) is 0 Å². The monoisotopic (exact) mass is 292 g/mol. The second-order valence-electron chi connectivity index (χ2n) is 4.29. The van der Waals surface area contributed by atoms with Crippen molar-refractivity contribution in [2.75, 3.05) is 5.32 Å². The van der Waals surface area contributed by atoms with E-state index in [0.29, 0.717) is 6.54 Å². The average molecular weight is 292 g/mol. The number of hydrogen-bond donors (Lipinski definition) is 2. The third-order valence-corrected chi connectivity index (χ3v) is 3.74. The van der Waals surface area contributed by atoms with Crippen LogP contribution in [0.25, 0.3) is 0 Å². The molecule has 1 heterocycles. The molecule has 20 heavy (non-hydrogen) atoms. The van der Waals surface area contributed by atoms with Gasteiger partial charge < -0.3 is 5.32 Å². The summed E-state index contributed by atoms with van der Waals surface area (Å²) in [6, 6.07) is 8.30. The molecule has 0 aliphatic rings. The normalized spacial score (nSPS) is 11.3. The maximum absolute atomic E-state index is 11.1. The Morgan fingerprint density at radius 1 is 1.20 bits per heavy atom. The Hall–Kier alpha value is -1.99. The van der Waals surface area contributed by atoms with Crippen LogP contribution in [-0.2, 0) is 23.0 Å². The number of nitrogens with zero attached hydrogens (tertiary/aromatic N) is 2. The van der Waals surface area contributed by atoms with Crippen molar-refractivity contribution in [3.8, 4) is 0 Å². The van der Waals surface area contributed by atoms with Gasteiger partial charge in [0.15, 0.2) is 0 Å². The van der Waals surface area contributed by atoms with Crippen molar-refractivity contribution in [3.05, 3.63) is 47.9 Å². The summed E-state index contributed by atoms with van der Waals surface area (Å²) in [5.74, 6) is 0.743. The van der Waals surface area contributed by atoms with Gasteiger partial charge in [0.2, 0.25) is 10.0 Å². The fourth-order valence-corrected chi connectivity index (χ4v) is 2.19. The molecule has 0 saturated heterocycles. The van der Waals surface area contributed by atoms with Crippen LogP contribution in [0.3, 0.4) is 0 Å². The molecule has 1 aromatic heterocycles. The van der Waals surface area contributed by atoms with Gasteiger partial charge in [-0.15, -0.1) is 0 Å². The van der Waals surface area contributed by atoms with E-state index in [4.69, 9.17) is 5.14 Å². The molecule has 0 amide bonds. The molecule has 0 bridgehead atoms. The van der Waals surface area contributed by atoms with Gasteiger partial charge in [-0.25, -0.2) is 23.5 Å². The zero-order valence-electron chi connectivity index (χ0n) is 11.1. The van der Waals surface area contributed by atoms with Crippen molar-refractivity contribution in [2.24, 2.45) is 5.14 Å². The minimum atomic E-state index is -3.64. The van der Waals surface area contributed by atoms with Crippen LogP contribution in [0.1, 0.15) is 18.2 Å². The third kappa shape index (κ3) is 3.75. The smallest absolute Gasteiger partial charge is 0.238 e. The first kappa shape index (κ1) is 14.4. The Labute approximate surface area is 118 Å². The van der Waals surface area contributed by atoms with Crippen LogP contribution < -0.4 is 10.5 Å². The lowest BCUT2D eigenvalue weighted by Gasteiger charge is -2.07. The molecule has 6 nitrogen and oxygen atoms in total. The van der Waals surface area contributed by atoms with Crippen molar-refractivity contribution in [3.63, 3.8) is 0 Å². The van der Waals surface area contributed by atoms with E-state index in [1.165, 1.54) is 18.5 Å². The van der Waals surface area contributed by atoms with Crippen molar-refractivity contribution in [1.82, 2.24) is 9.97 Å². The zero-order chi connectivity index (χ0) is 14.6. The Kier molecular flexibility index (Phi) is 4.31. The Morgan fingerprint density at radius 2 is 1.90 bits per heavy atom. The Balaban J connectivity index is 2.04. The summed E-state index contributed by atoms with van der Waals surface area (Å²) in [5.41, 5.74) is 1.90. The number of nitrogens with one attached hydrogen (secondary N) is 1. The topological polar surface area (TPSA) is 98.0 Å². The highest BCUT2D eigenvalue weighted by Gasteiger charge is 2.06. The predicted molar refractivity (Wildman–Crippen MR) is 76.6 cm³/mol. The quantitative estimate of drug-likeness (QED) is 0.865. The molecular formula is C13H16N4O2S. The first-order chi connectivity index (χ1) is 9.49. The van der Waals surface area contributed by atoms with Crippen molar-refractivity contribution in [1.29, 1.82) is 0 Å². The summed E-state index contributed by atoms with van der Waals surface area (Å²) < 4.78 is 22.3. The van der Waals surface area contributed by atoms with Gasteiger partial charge in [-0.2, -0.15) is 0 Å². The van der Waals surface area contributed by atoms with E-state index in [9.17, 15) is 8.42 Å². The van der Waals surface area contributed by atoms with Crippen molar-refractivity contribution < 1.29 is 8.42 Å². The van der Waals surface area contributed by atoms with Crippen LogP contribution in [0.5, 0.6) is 0 Å². The van der Waals surface area contributed by atoms with E-state index in [0.717, 1.165) is 23.5 Å². The summed E-state index contributed by atoms with van der Waals surface area (Å²) in [5, 5.41) is 8.21. The second-order valence-corrected chi connectivity index (χ2v) is 5.85. The number of aromatic nitrogens is 2. The number of anilines is 1. The van der Waals surface area contributed by atoms with E-state index in [2.05, 4.69) is 15.3 Å². The summed E-state index contributed by atoms with van der Waals surface area (Å²) in [4.78, 5) is 8.35. The summed E-state index contributed by atoms with van der Waals surface area (Å²) in [6.45, 7) is 2.57. The van der Waals surface area contributed by atoms with Crippen molar-refractivity contribution >= 4 is 15.8 Å². The lowest BCUT2D eigenvalue weighted by Crippen LogP contribution is -2.12. The van der Waals surface area contributed by atoms with Gasteiger partial charge in [0.05, 0.1) is 4.90 Å². The first-order valence-electron chi connectivity index (χ1n) is 6.15. The van der Waals surface area contributed by atoms with Gasteiger partial charge in [0.1, 0.15) is 12.1 Å². The van der Waals surface area contributed by atoms with Crippen molar-refractivity contribution in [2.45, 2.75) is 24.8 Å². The maximum atomic E-state index is 11.1. The fraction of sp³-hybridized carbons (Fsp3) is 0.231. The number of hydrogen-bond acceptors (Lipinski definition) is 5. The van der Waals surface area contributed by atoms with Gasteiger partial charge in [-0.05, 0) is 24.1 Å². The molecule has 1 aromatic carbocycles. The molecule has 2 aromatic rings. The van der Waals surface area contributed by atoms with Gasteiger partial charge in [0, 0.05) is 18.3 Å². The lowest BCUT2D eigenvalue weighted by molar-refractivity contribution is 0.598. The molecule has 0 saturated carbocycles. The lowest BCUT2D eigenvalue weighted by atomic mass is 10.2. The van der Waals surface area contributed by atoms with Crippen LogP contribution in [-0.4, -0.2) is 18.4 Å². The maximum Gasteiger partial charge on any atom is 0.238 e. The van der Waals surface area contributed by atoms with Crippen LogP contribution >= 0.6 is 0 Å². The molecule has 0 aliphatic carbocycles. The summed E-state index contributed by atoms with van der Waals surface area (Å²) in [6.07, 6.45) is 2.37. The highest BCUT2D eigenvalue weighted by atomic mass is 32.2. The predicted octanol–water partition coefficient (Wildman–Crippen LogP) is 1.30. The van der Waals surface area contributed by atoms with E-state index in [1.807, 2.05) is 13.0 Å². The SMILES string of the molecule is CCc1cc(NCc2ccc(S(N)(=O)=O)cc2)ncn1. The van der Waals surface area contributed by atoms with E-state index in [1.54, 1.807) is 12.1 Å². The summed E-state index contributed by atoms with van der Waals surface area (Å²) in [7, 11) is -3.64. The molecule has 0 spiro atoms. The number of benzene rings is 1. The molecule has 2 rings (SSSR count). The minimum Gasteiger partial charge on any atom is -0.366 e. The average Bonchev–Trinajstić information content (AvgIpc) is 2.45. The Bertz CT molecular complexity index is 684. The van der Waals surface area contributed by atoms with Gasteiger partial charge in [-0.1, -0.05) is 19.1 Å². The molecule has 0 unspecified atom stereocenters. The standard InChI is InChI=1S/C13H16N4O2S/c1-2-11-7-13(17-9-16-11)15-8-10-3-5-12(6-4-10)20(14,18)19/h3-7,9H,2,8H2,1H3,(H2,14,18,19)(H,15,16,17).